The zero-order valence-corrected chi connectivity index (χ0v) is 14.6. The topological polar surface area (TPSA) is 12.0 Å². The Balaban J connectivity index is 1.93. The van der Waals surface area contributed by atoms with Gasteiger partial charge in [0.2, 0.25) is 0 Å². The van der Waals surface area contributed by atoms with Gasteiger partial charge < -0.3 is 5.32 Å². The fourth-order valence-electron chi connectivity index (χ4n) is 3.87. The molecule has 0 bridgehead atoms. The molecule has 1 nitrogen and oxygen atoms in total. The van der Waals surface area contributed by atoms with E-state index in [2.05, 4.69) is 0 Å². The Morgan fingerprint density at radius 1 is 1.00 bits per heavy atom. The molecule has 0 aromatic heterocycles. The number of benzene rings is 1. The lowest BCUT2D eigenvalue weighted by Gasteiger charge is -2.38. The van der Waals surface area contributed by atoms with Crippen LogP contribution < -0.4 is 5.32 Å². The van der Waals surface area contributed by atoms with Crippen LogP contribution in [0.2, 0.25) is 0 Å². The molecule has 0 fully saturated rings. The summed E-state index contributed by atoms with van der Waals surface area (Å²) < 4.78 is 108. The molecule has 3 unspecified atom stereocenters. The van der Waals surface area contributed by atoms with Crippen molar-refractivity contribution in [1.29, 1.82) is 0 Å². The highest BCUT2D eigenvalue weighted by Gasteiger charge is 2.77. The number of hydrogen-bond donors (Lipinski definition) is 1. The third kappa shape index (κ3) is 2.94. The number of allylic oxidation sites excluding steroid dienone is 2. The second-order valence-electron chi connectivity index (χ2n) is 6.96. The summed E-state index contributed by atoms with van der Waals surface area (Å²) in [4.78, 5) is 0. The highest BCUT2D eigenvalue weighted by atomic mass is 19.4. The van der Waals surface area contributed by atoms with E-state index in [-0.39, 0.29) is 17.4 Å². The molecule has 9 heteroatoms. The minimum Gasteiger partial charge on any atom is -0.308 e. The van der Waals surface area contributed by atoms with Crippen LogP contribution >= 0.6 is 0 Å². The van der Waals surface area contributed by atoms with E-state index in [0.29, 0.717) is 6.42 Å². The molecule has 0 aliphatic heterocycles. The lowest BCUT2D eigenvalue weighted by molar-refractivity contribution is -0.341. The molecule has 1 aromatic carbocycles. The first-order valence-electron chi connectivity index (χ1n) is 8.51. The van der Waals surface area contributed by atoms with Crippen LogP contribution in [-0.2, 0) is 6.42 Å². The molecule has 1 aromatic rings. The van der Waals surface area contributed by atoms with Crippen molar-refractivity contribution in [3.8, 4) is 0 Å². The molecule has 2 aliphatic carbocycles. The van der Waals surface area contributed by atoms with Gasteiger partial charge in [0.05, 0.1) is 0 Å². The molecule has 0 saturated heterocycles. The monoisotopic (exact) mass is 411 g/mol. The van der Waals surface area contributed by atoms with E-state index in [1.54, 1.807) is 6.08 Å². The number of nitrogens with one attached hydrogen (secondary N) is 1. The number of halogens is 8. The van der Waals surface area contributed by atoms with Crippen molar-refractivity contribution in [2.75, 3.05) is 7.05 Å². The van der Waals surface area contributed by atoms with Gasteiger partial charge in [0.1, 0.15) is 6.04 Å². The average Bonchev–Trinajstić information content (AvgIpc) is 2.99. The minimum atomic E-state index is -6.26. The minimum absolute atomic E-state index is 0.144. The van der Waals surface area contributed by atoms with E-state index in [4.69, 9.17) is 0 Å². The fraction of sp³-hybridized carbons (Fsp3) is 0.474. The molecule has 2 aliphatic rings. The van der Waals surface area contributed by atoms with Gasteiger partial charge in [0.25, 0.3) is 0 Å². The van der Waals surface area contributed by atoms with Gasteiger partial charge in [0, 0.05) is 5.92 Å². The summed E-state index contributed by atoms with van der Waals surface area (Å²) in [6.07, 6.45) is -0.420. The molecule has 28 heavy (non-hydrogen) atoms. The van der Waals surface area contributed by atoms with Crippen molar-refractivity contribution < 1.29 is 35.1 Å². The Hall–Kier alpha value is -1.90. The Labute approximate surface area is 156 Å². The van der Waals surface area contributed by atoms with Crippen molar-refractivity contribution in [2.24, 2.45) is 5.92 Å². The third-order valence-electron chi connectivity index (χ3n) is 5.33. The summed E-state index contributed by atoms with van der Waals surface area (Å²) in [7, 11) is 0.888. The Bertz CT molecular complexity index is 799. The number of fused-ring (bicyclic) bond motifs is 3. The predicted octanol–water partition coefficient (Wildman–Crippen LogP) is 5.20. The first-order valence-corrected chi connectivity index (χ1v) is 8.51. The molecule has 0 spiro atoms. The first kappa shape index (κ1) is 20.8. The molecule has 3 rings (SSSR count). The number of rotatable bonds is 6. The molecule has 3 atom stereocenters. The second kappa shape index (κ2) is 6.86. The molecule has 1 N–H and O–H groups in total. The number of hydrogen-bond acceptors (Lipinski definition) is 1. The molecule has 0 radical (unpaired) electrons. The van der Waals surface area contributed by atoms with Crippen LogP contribution in [0.4, 0.5) is 35.1 Å². The van der Waals surface area contributed by atoms with E-state index in [0.717, 1.165) is 24.3 Å². The van der Waals surface area contributed by atoms with Gasteiger partial charge in [-0.25, -0.2) is 8.78 Å². The molecule has 0 saturated carbocycles. The molecule has 0 amide bonds. The van der Waals surface area contributed by atoms with Crippen LogP contribution in [0.15, 0.2) is 48.1 Å². The summed E-state index contributed by atoms with van der Waals surface area (Å²) in [6.45, 7) is 0. The van der Waals surface area contributed by atoms with Crippen molar-refractivity contribution in [2.45, 2.75) is 42.6 Å². The zero-order chi connectivity index (χ0) is 20.9. The predicted molar refractivity (Wildman–Crippen MR) is 87.3 cm³/mol. The zero-order valence-electron chi connectivity index (χ0n) is 14.6. The highest BCUT2D eigenvalue weighted by molar-refractivity contribution is 5.46. The summed E-state index contributed by atoms with van der Waals surface area (Å²) >= 11 is 0. The van der Waals surface area contributed by atoms with Crippen LogP contribution in [0.1, 0.15) is 17.0 Å². The van der Waals surface area contributed by atoms with Crippen LogP contribution in [-0.4, -0.2) is 37.3 Å². The van der Waals surface area contributed by atoms with Crippen LogP contribution in [0.5, 0.6) is 0 Å². The van der Waals surface area contributed by atoms with Gasteiger partial charge in [-0.1, -0.05) is 42.5 Å². The van der Waals surface area contributed by atoms with Crippen LogP contribution in [0.25, 0.3) is 0 Å². The lowest BCUT2D eigenvalue weighted by Crippen LogP contribution is -2.64. The third-order valence-corrected chi connectivity index (χ3v) is 5.33. The van der Waals surface area contributed by atoms with Gasteiger partial charge in [-0.05, 0) is 36.1 Å². The van der Waals surface area contributed by atoms with Crippen molar-refractivity contribution in [3.63, 3.8) is 0 Å². The summed E-state index contributed by atoms with van der Waals surface area (Å²) in [5.74, 6) is -18.4. The maximum absolute atomic E-state index is 14.4. The van der Waals surface area contributed by atoms with Crippen molar-refractivity contribution >= 4 is 0 Å². The Kier molecular flexibility index (Phi) is 5.10. The maximum atomic E-state index is 14.4. The van der Waals surface area contributed by atoms with Crippen LogP contribution in [0.3, 0.4) is 0 Å². The van der Waals surface area contributed by atoms with Gasteiger partial charge >= 0.3 is 24.2 Å². The number of alkyl halides is 8. The van der Waals surface area contributed by atoms with E-state index in [1.807, 2.05) is 29.6 Å². The Morgan fingerprint density at radius 3 is 2.25 bits per heavy atom. The molecule has 0 heterocycles. The summed E-state index contributed by atoms with van der Waals surface area (Å²) in [6, 6.07) is 4.78. The van der Waals surface area contributed by atoms with E-state index < -0.39 is 30.2 Å². The lowest BCUT2D eigenvalue weighted by atomic mass is 9.82. The summed E-state index contributed by atoms with van der Waals surface area (Å²) in [5, 5.41) is 1.90. The van der Waals surface area contributed by atoms with Gasteiger partial charge in [-0.15, -0.1) is 0 Å². The SMILES string of the molecule is CNC(C1=CC2Cc3ccccc3C2C=C1)C(F)(F)C(F)(F)C(F)(F)C(F)F. The molecule has 154 valence electrons. The average molecular weight is 411 g/mol. The normalized spacial score (nSPS) is 23.4. The second-order valence-corrected chi connectivity index (χ2v) is 6.96. The summed E-state index contributed by atoms with van der Waals surface area (Å²) in [5.41, 5.74) is 1.61. The van der Waals surface area contributed by atoms with Crippen LogP contribution in [0, 0.1) is 5.92 Å². The molecular weight excluding hydrogens is 394 g/mol. The fourth-order valence-corrected chi connectivity index (χ4v) is 3.87. The Morgan fingerprint density at radius 2 is 1.64 bits per heavy atom. The van der Waals surface area contributed by atoms with Gasteiger partial charge in [-0.2, -0.15) is 26.3 Å². The smallest absolute Gasteiger partial charge is 0.308 e. The quantitative estimate of drug-likeness (QED) is 0.635. The highest BCUT2D eigenvalue weighted by Crippen LogP contribution is 2.52. The van der Waals surface area contributed by atoms with Crippen molar-refractivity contribution in [1.82, 2.24) is 5.32 Å². The van der Waals surface area contributed by atoms with Crippen molar-refractivity contribution in [3.05, 3.63) is 59.2 Å². The van der Waals surface area contributed by atoms with E-state index in [9.17, 15) is 35.1 Å². The van der Waals surface area contributed by atoms with Gasteiger partial charge in [-0.3, -0.25) is 0 Å². The standard InChI is InChI=1S/C19H17F8N/c1-28-15(17(22,23)19(26,27)18(24,25)16(20)21)11-6-7-14-12(9-11)8-10-4-2-3-5-13(10)14/h2-7,9,12,14-16,28H,8H2,1H3. The maximum Gasteiger partial charge on any atom is 0.379 e. The van der Waals surface area contributed by atoms with E-state index >= 15 is 0 Å². The van der Waals surface area contributed by atoms with Gasteiger partial charge in [0.15, 0.2) is 0 Å². The largest absolute Gasteiger partial charge is 0.379 e. The first-order chi connectivity index (χ1) is 12.9. The number of likely N-dealkylation sites (N-methyl/N-ethyl adjacent to an activating group) is 1. The molecular formula is C19H17F8N. The van der Waals surface area contributed by atoms with E-state index in [1.165, 1.54) is 6.08 Å².